The SMILES string of the molecule is COc1cccc(CCC(=O)N2CCN(Cc3ccc4c(c3)OCO4)CC2)c1. The molecular formula is C22H26N2O4. The van der Waals surface area contributed by atoms with E-state index in [0.29, 0.717) is 13.2 Å². The van der Waals surface area contributed by atoms with Crippen LogP contribution in [0.5, 0.6) is 17.2 Å². The predicted molar refractivity (Wildman–Crippen MR) is 106 cm³/mol. The van der Waals surface area contributed by atoms with Gasteiger partial charge in [-0.2, -0.15) is 0 Å². The highest BCUT2D eigenvalue weighted by Gasteiger charge is 2.21. The fourth-order valence-corrected chi connectivity index (χ4v) is 3.69. The van der Waals surface area contributed by atoms with Gasteiger partial charge in [-0.05, 0) is 41.8 Å². The smallest absolute Gasteiger partial charge is 0.231 e. The molecule has 28 heavy (non-hydrogen) atoms. The molecular weight excluding hydrogens is 356 g/mol. The normalized spacial score (nSPS) is 16.2. The lowest BCUT2D eigenvalue weighted by atomic mass is 10.1. The Bertz CT molecular complexity index is 831. The average molecular weight is 382 g/mol. The van der Waals surface area contributed by atoms with Crippen molar-refractivity contribution in [1.29, 1.82) is 0 Å². The maximum absolute atomic E-state index is 12.6. The molecule has 0 saturated carbocycles. The zero-order valence-corrected chi connectivity index (χ0v) is 16.2. The fraction of sp³-hybridized carbons (Fsp3) is 0.409. The summed E-state index contributed by atoms with van der Waals surface area (Å²) in [6.07, 6.45) is 1.28. The first-order valence-corrected chi connectivity index (χ1v) is 9.73. The van der Waals surface area contributed by atoms with Crippen molar-refractivity contribution >= 4 is 5.91 Å². The monoisotopic (exact) mass is 382 g/mol. The number of nitrogens with zero attached hydrogens (tertiary/aromatic N) is 2. The first-order valence-electron chi connectivity index (χ1n) is 9.73. The van der Waals surface area contributed by atoms with Crippen molar-refractivity contribution in [3.05, 3.63) is 53.6 Å². The number of fused-ring (bicyclic) bond motifs is 1. The largest absolute Gasteiger partial charge is 0.497 e. The summed E-state index contributed by atoms with van der Waals surface area (Å²) in [5.41, 5.74) is 2.34. The van der Waals surface area contributed by atoms with Crippen LogP contribution in [0.15, 0.2) is 42.5 Å². The number of amides is 1. The lowest BCUT2D eigenvalue weighted by molar-refractivity contribution is -0.133. The Morgan fingerprint density at radius 3 is 2.64 bits per heavy atom. The lowest BCUT2D eigenvalue weighted by Crippen LogP contribution is -2.48. The van der Waals surface area contributed by atoms with Crippen LogP contribution in [0, 0.1) is 0 Å². The van der Waals surface area contributed by atoms with E-state index < -0.39 is 0 Å². The molecule has 2 aromatic carbocycles. The molecule has 4 rings (SSSR count). The van der Waals surface area contributed by atoms with E-state index in [0.717, 1.165) is 62.0 Å². The number of aryl methyl sites for hydroxylation is 1. The van der Waals surface area contributed by atoms with Crippen molar-refractivity contribution in [2.24, 2.45) is 0 Å². The van der Waals surface area contributed by atoms with E-state index in [1.54, 1.807) is 7.11 Å². The highest BCUT2D eigenvalue weighted by atomic mass is 16.7. The molecule has 2 aliphatic rings. The molecule has 148 valence electrons. The summed E-state index contributed by atoms with van der Waals surface area (Å²) in [5, 5.41) is 0. The second kappa shape index (κ2) is 8.52. The number of carbonyl (C=O) groups excluding carboxylic acids is 1. The first-order chi connectivity index (χ1) is 13.7. The molecule has 1 fully saturated rings. The summed E-state index contributed by atoms with van der Waals surface area (Å²) in [5.74, 6) is 2.70. The third-order valence-electron chi connectivity index (χ3n) is 5.33. The number of piperazine rings is 1. The van der Waals surface area contributed by atoms with Gasteiger partial charge in [-0.25, -0.2) is 0 Å². The van der Waals surface area contributed by atoms with Crippen LogP contribution < -0.4 is 14.2 Å². The van der Waals surface area contributed by atoms with Gasteiger partial charge in [0.25, 0.3) is 0 Å². The van der Waals surface area contributed by atoms with Crippen LogP contribution in [-0.2, 0) is 17.8 Å². The summed E-state index contributed by atoms with van der Waals surface area (Å²) >= 11 is 0. The molecule has 0 aromatic heterocycles. The fourth-order valence-electron chi connectivity index (χ4n) is 3.69. The Morgan fingerprint density at radius 1 is 1.00 bits per heavy atom. The van der Waals surface area contributed by atoms with Gasteiger partial charge in [-0.3, -0.25) is 9.69 Å². The van der Waals surface area contributed by atoms with Crippen molar-refractivity contribution in [2.45, 2.75) is 19.4 Å². The van der Waals surface area contributed by atoms with Crippen LogP contribution in [-0.4, -0.2) is 55.8 Å². The van der Waals surface area contributed by atoms with Gasteiger partial charge in [0.05, 0.1) is 7.11 Å². The molecule has 1 amide bonds. The first kappa shape index (κ1) is 18.6. The van der Waals surface area contributed by atoms with Crippen molar-refractivity contribution < 1.29 is 19.0 Å². The predicted octanol–water partition coefficient (Wildman–Crippen LogP) is 2.70. The van der Waals surface area contributed by atoms with Gasteiger partial charge in [-0.15, -0.1) is 0 Å². The van der Waals surface area contributed by atoms with Crippen LogP contribution in [0.25, 0.3) is 0 Å². The third kappa shape index (κ3) is 4.39. The molecule has 2 heterocycles. The Labute approximate surface area is 165 Å². The van der Waals surface area contributed by atoms with Crippen LogP contribution >= 0.6 is 0 Å². The molecule has 0 N–H and O–H groups in total. The molecule has 2 aliphatic heterocycles. The van der Waals surface area contributed by atoms with E-state index in [9.17, 15) is 4.79 Å². The van der Waals surface area contributed by atoms with E-state index in [1.807, 2.05) is 41.3 Å². The Hall–Kier alpha value is -2.73. The van der Waals surface area contributed by atoms with Crippen LogP contribution in [0.1, 0.15) is 17.5 Å². The molecule has 2 aromatic rings. The van der Waals surface area contributed by atoms with Gasteiger partial charge in [0.15, 0.2) is 11.5 Å². The molecule has 6 nitrogen and oxygen atoms in total. The van der Waals surface area contributed by atoms with Crippen LogP contribution in [0.2, 0.25) is 0 Å². The number of ether oxygens (including phenoxy) is 3. The second-order valence-electron chi connectivity index (χ2n) is 7.20. The quantitative estimate of drug-likeness (QED) is 0.769. The zero-order chi connectivity index (χ0) is 19.3. The van der Waals surface area contributed by atoms with E-state index in [1.165, 1.54) is 5.56 Å². The van der Waals surface area contributed by atoms with E-state index in [2.05, 4.69) is 11.0 Å². The number of carbonyl (C=O) groups is 1. The minimum absolute atomic E-state index is 0.227. The molecule has 0 bridgehead atoms. The number of benzene rings is 2. The molecule has 6 heteroatoms. The maximum Gasteiger partial charge on any atom is 0.231 e. The number of methoxy groups -OCH3 is 1. The van der Waals surface area contributed by atoms with E-state index in [-0.39, 0.29) is 5.91 Å². The third-order valence-corrected chi connectivity index (χ3v) is 5.33. The summed E-state index contributed by atoms with van der Waals surface area (Å²) in [7, 11) is 1.66. The van der Waals surface area contributed by atoms with Crippen molar-refractivity contribution in [3.8, 4) is 17.2 Å². The summed E-state index contributed by atoms with van der Waals surface area (Å²) in [4.78, 5) is 16.9. The number of hydrogen-bond acceptors (Lipinski definition) is 5. The molecule has 1 saturated heterocycles. The lowest BCUT2D eigenvalue weighted by Gasteiger charge is -2.35. The Kier molecular flexibility index (Phi) is 5.67. The maximum atomic E-state index is 12.6. The molecule has 0 radical (unpaired) electrons. The number of hydrogen-bond donors (Lipinski definition) is 0. The Morgan fingerprint density at radius 2 is 1.82 bits per heavy atom. The van der Waals surface area contributed by atoms with Gasteiger partial charge < -0.3 is 19.1 Å². The van der Waals surface area contributed by atoms with Crippen LogP contribution in [0.4, 0.5) is 0 Å². The second-order valence-corrected chi connectivity index (χ2v) is 7.20. The van der Waals surface area contributed by atoms with Gasteiger partial charge in [0, 0.05) is 39.1 Å². The van der Waals surface area contributed by atoms with Gasteiger partial charge in [0.2, 0.25) is 12.7 Å². The van der Waals surface area contributed by atoms with Gasteiger partial charge >= 0.3 is 0 Å². The van der Waals surface area contributed by atoms with Crippen molar-refractivity contribution in [3.63, 3.8) is 0 Å². The van der Waals surface area contributed by atoms with Crippen molar-refractivity contribution in [2.75, 3.05) is 40.1 Å². The van der Waals surface area contributed by atoms with E-state index in [4.69, 9.17) is 14.2 Å². The number of rotatable bonds is 6. The van der Waals surface area contributed by atoms with Gasteiger partial charge in [-0.1, -0.05) is 18.2 Å². The Balaban J connectivity index is 1.23. The standard InChI is InChI=1S/C22H26N2O4/c1-26-19-4-2-3-17(13-19)6-8-22(25)24-11-9-23(10-12-24)15-18-5-7-20-21(14-18)28-16-27-20/h2-5,7,13-14H,6,8-12,15-16H2,1H3. The minimum Gasteiger partial charge on any atom is -0.497 e. The molecule has 0 unspecified atom stereocenters. The summed E-state index contributed by atoms with van der Waals surface area (Å²) in [6.45, 7) is 4.50. The summed E-state index contributed by atoms with van der Waals surface area (Å²) < 4.78 is 16.1. The highest BCUT2D eigenvalue weighted by Crippen LogP contribution is 2.32. The topological polar surface area (TPSA) is 51.2 Å². The summed E-state index contributed by atoms with van der Waals surface area (Å²) in [6, 6.07) is 14.0. The van der Waals surface area contributed by atoms with Crippen LogP contribution in [0.3, 0.4) is 0 Å². The molecule has 0 aliphatic carbocycles. The van der Waals surface area contributed by atoms with E-state index >= 15 is 0 Å². The highest BCUT2D eigenvalue weighted by molar-refractivity contribution is 5.76. The average Bonchev–Trinajstić information content (AvgIpc) is 3.20. The van der Waals surface area contributed by atoms with Gasteiger partial charge in [0.1, 0.15) is 5.75 Å². The molecule has 0 spiro atoms. The molecule has 0 atom stereocenters. The minimum atomic E-state index is 0.227. The van der Waals surface area contributed by atoms with Crippen molar-refractivity contribution in [1.82, 2.24) is 9.80 Å². The zero-order valence-electron chi connectivity index (χ0n) is 16.2.